The first kappa shape index (κ1) is 26.5. The van der Waals surface area contributed by atoms with E-state index < -0.39 is 17.9 Å². The maximum absolute atomic E-state index is 13.2. The van der Waals surface area contributed by atoms with E-state index in [1.807, 2.05) is 30.3 Å². The number of halogens is 1. The van der Waals surface area contributed by atoms with Crippen LogP contribution in [0.3, 0.4) is 0 Å². The van der Waals surface area contributed by atoms with E-state index in [2.05, 4.69) is 26.2 Å². The molecule has 0 saturated heterocycles. The number of rotatable bonds is 10. The van der Waals surface area contributed by atoms with Crippen molar-refractivity contribution in [3.8, 4) is 5.69 Å². The molecule has 0 bridgehead atoms. The van der Waals surface area contributed by atoms with Gasteiger partial charge in [-0.25, -0.2) is 9.48 Å². The topological polar surface area (TPSA) is 128 Å². The van der Waals surface area contributed by atoms with Crippen LogP contribution in [-0.4, -0.2) is 57.7 Å². The zero-order valence-electron chi connectivity index (χ0n) is 20.5. The van der Waals surface area contributed by atoms with E-state index in [-0.39, 0.29) is 5.91 Å². The summed E-state index contributed by atoms with van der Waals surface area (Å²) >= 11 is 6.19. The number of carbonyl (C=O) groups excluding carboxylic acids is 3. The Morgan fingerprint density at radius 3 is 2.42 bits per heavy atom. The molecule has 2 amide bonds. The summed E-state index contributed by atoms with van der Waals surface area (Å²) in [5.41, 5.74) is 3.13. The molecular weight excluding hydrogens is 508 g/mol. The summed E-state index contributed by atoms with van der Waals surface area (Å²) in [5, 5.41) is 17.6. The Kier molecular flexibility index (Phi) is 8.78. The number of hydrogen-bond donors (Lipinski definition) is 2. The summed E-state index contributed by atoms with van der Waals surface area (Å²) in [7, 11) is 1.29. The number of hydrogen-bond acceptors (Lipinski definition) is 7. The minimum atomic E-state index is -0.830. The monoisotopic (exact) mass is 532 g/mol. The van der Waals surface area contributed by atoms with Gasteiger partial charge >= 0.3 is 5.97 Å². The van der Waals surface area contributed by atoms with Crippen LogP contribution < -0.4 is 10.6 Å². The molecule has 0 saturated carbocycles. The number of aromatic nitrogens is 4. The molecule has 4 rings (SSSR count). The van der Waals surface area contributed by atoms with Gasteiger partial charge in [0, 0.05) is 23.6 Å². The van der Waals surface area contributed by atoms with Crippen LogP contribution in [0.4, 0.5) is 0 Å². The Hall–Kier alpha value is -4.57. The van der Waals surface area contributed by atoms with Gasteiger partial charge in [-0.05, 0) is 70.4 Å². The van der Waals surface area contributed by atoms with Crippen LogP contribution in [0.15, 0.2) is 79.1 Å². The second-order valence-corrected chi connectivity index (χ2v) is 8.79. The van der Waals surface area contributed by atoms with E-state index in [0.29, 0.717) is 35.5 Å². The summed E-state index contributed by atoms with van der Waals surface area (Å²) < 4.78 is 6.22. The second-order valence-electron chi connectivity index (χ2n) is 8.35. The van der Waals surface area contributed by atoms with E-state index >= 15 is 0 Å². The normalized spacial score (nSPS) is 11.4. The Morgan fingerprint density at radius 1 is 1.00 bits per heavy atom. The van der Waals surface area contributed by atoms with Crippen molar-refractivity contribution in [3.05, 3.63) is 106 Å². The highest BCUT2D eigenvalue weighted by Crippen LogP contribution is 2.19. The molecule has 1 aromatic heterocycles. The fraction of sp³-hybridized carbons (Fsp3) is 0.185. The minimum absolute atomic E-state index is 0.295. The zero-order valence-corrected chi connectivity index (χ0v) is 21.3. The molecule has 0 aliphatic carbocycles. The number of nitrogens with zero attached hydrogens (tertiary/aromatic N) is 4. The summed E-state index contributed by atoms with van der Waals surface area (Å²) in [4.78, 5) is 37.9. The van der Waals surface area contributed by atoms with Gasteiger partial charge in [0.2, 0.25) is 5.91 Å². The third-order valence-corrected chi connectivity index (χ3v) is 6.04. The predicted molar refractivity (Wildman–Crippen MR) is 140 cm³/mol. The van der Waals surface area contributed by atoms with Gasteiger partial charge in [-0.2, -0.15) is 0 Å². The van der Waals surface area contributed by atoms with E-state index in [9.17, 15) is 14.4 Å². The van der Waals surface area contributed by atoms with Crippen molar-refractivity contribution in [1.29, 1.82) is 0 Å². The molecule has 0 fully saturated rings. The highest BCUT2D eigenvalue weighted by molar-refractivity contribution is 6.30. The molecule has 0 spiro atoms. The predicted octanol–water partition coefficient (Wildman–Crippen LogP) is 2.80. The first-order valence-corrected chi connectivity index (χ1v) is 12.1. The summed E-state index contributed by atoms with van der Waals surface area (Å²) in [5.74, 6) is -1.27. The third-order valence-electron chi connectivity index (χ3n) is 5.80. The molecule has 0 radical (unpaired) electrons. The molecule has 3 aromatic carbocycles. The van der Waals surface area contributed by atoms with Gasteiger partial charge < -0.3 is 15.4 Å². The van der Waals surface area contributed by atoms with Crippen molar-refractivity contribution < 1.29 is 19.1 Å². The Balaban J connectivity index is 1.45. The first-order valence-electron chi connectivity index (χ1n) is 11.8. The van der Waals surface area contributed by atoms with Gasteiger partial charge in [0.25, 0.3) is 5.91 Å². The number of amides is 2. The molecule has 1 atom stereocenters. The number of carbonyl (C=O) groups is 3. The van der Waals surface area contributed by atoms with Gasteiger partial charge in [-0.15, -0.1) is 5.10 Å². The Morgan fingerprint density at radius 2 is 1.74 bits per heavy atom. The van der Waals surface area contributed by atoms with Crippen molar-refractivity contribution in [2.24, 2.45) is 0 Å². The number of ether oxygens (including phenoxy) is 1. The van der Waals surface area contributed by atoms with Crippen molar-refractivity contribution in [3.63, 3.8) is 0 Å². The average Bonchev–Trinajstić information content (AvgIpc) is 3.48. The molecule has 0 aliphatic rings. The van der Waals surface area contributed by atoms with Crippen molar-refractivity contribution in [1.82, 2.24) is 30.8 Å². The molecular formula is C27H25ClN6O4. The van der Waals surface area contributed by atoms with Gasteiger partial charge in [0.1, 0.15) is 12.4 Å². The van der Waals surface area contributed by atoms with Crippen LogP contribution in [-0.2, 0) is 22.4 Å². The minimum Gasteiger partial charge on any atom is -0.465 e. The first-order chi connectivity index (χ1) is 18.4. The molecule has 10 nitrogen and oxygen atoms in total. The highest BCUT2D eigenvalue weighted by Gasteiger charge is 2.22. The zero-order chi connectivity index (χ0) is 26.9. The smallest absolute Gasteiger partial charge is 0.337 e. The molecule has 38 heavy (non-hydrogen) atoms. The standard InChI is InChI=1S/C27H25ClN6O4/c1-38-27(37)20-9-7-19(8-10-20)25(35)31-23(15-18-5-3-2-4-6-18)26(36)29-14-13-21-16-22(28)11-12-24(21)34-17-30-32-33-34/h2-12,16-17,23H,13-15H2,1H3,(H,29,36)(H,31,35). The van der Waals surface area contributed by atoms with E-state index in [1.165, 1.54) is 42.4 Å². The van der Waals surface area contributed by atoms with E-state index in [0.717, 1.165) is 16.8 Å². The quantitative estimate of drug-likeness (QED) is 0.300. The van der Waals surface area contributed by atoms with E-state index in [1.54, 1.807) is 18.2 Å². The largest absolute Gasteiger partial charge is 0.465 e. The van der Waals surface area contributed by atoms with Gasteiger partial charge in [0.05, 0.1) is 18.4 Å². The summed E-state index contributed by atoms with van der Waals surface area (Å²) in [6.07, 6.45) is 2.24. The van der Waals surface area contributed by atoms with Crippen molar-refractivity contribution >= 4 is 29.4 Å². The highest BCUT2D eigenvalue weighted by atomic mass is 35.5. The van der Waals surface area contributed by atoms with E-state index in [4.69, 9.17) is 16.3 Å². The maximum atomic E-state index is 13.2. The fourth-order valence-electron chi connectivity index (χ4n) is 3.87. The lowest BCUT2D eigenvalue weighted by atomic mass is 10.0. The van der Waals surface area contributed by atoms with Crippen LogP contribution in [0.5, 0.6) is 0 Å². The maximum Gasteiger partial charge on any atom is 0.337 e. The Bertz CT molecular complexity index is 1400. The van der Waals surface area contributed by atoms with Crippen LogP contribution in [0, 0.1) is 0 Å². The lowest BCUT2D eigenvalue weighted by Crippen LogP contribution is -2.48. The Labute approximate surface area is 224 Å². The summed E-state index contributed by atoms with van der Waals surface area (Å²) in [6, 6.07) is 19.9. The number of tetrazole rings is 1. The van der Waals surface area contributed by atoms with Crippen molar-refractivity contribution in [2.75, 3.05) is 13.7 Å². The fourth-order valence-corrected chi connectivity index (χ4v) is 4.06. The molecule has 11 heteroatoms. The second kappa shape index (κ2) is 12.6. The van der Waals surface area contributed by atoms with Gasteiger partial charge in [-0.1, -0.05) is 41.9 Å². The molecule has 1 heterocycles. The molecule has 4 aromatic rings. The SMILES string of the molecule is COC(=O)c1ccc(C(=O)NC(Cc2ccccc2)C(=O)NCCc2cc(Cl)ccc2-n2cnnn2)cc1. The molecule has 0 aliphatic heterocycles. The van der Waals surface area contributed by atoms with Crippen LogP contribution in [0.25, 0.3) is 5.69 Å². The number of benzene rings is 3. The van der Waals surface area contributed by atoms with Crippen LogP contribution in [0.2, 0.25) is 5.02 Å². The van der Waals surface area contributed by atoms with Gasteiger partial charge in [-0.3, -0.25) is 9.59 Å². The van der Waals surface area contributed by atoms with Crippen LogP contribution >= 0.6 is 11.6 Å². The van der Waals surface area contributed by atoms with Crippen molar-refractivity contribution in [2.45, 2.75) is 18.9 Å². The molecule has 194 valence electrons. The number of methoxy groups -OCH3 is 1. The van der Waals surface area contributed by atoms with Gasteiger partial charge in [0.15, 0.2) is 0 Å². The number of nitrogens with one attached hydrogen (secondary N) is 2. The number of esters is 1. The lowest BCUT2D eigenvalue weighted by Gasteiger charge is -2.19. The molecule has 1 unspecified atom stereocenters. The summed E-state index contributed by atoms with van der Waals surface area (Å²) in [6.45, 7) is 0.295. The lowest BCUT2D eigenvalue weighted by molar-refractivity contribution is -0.122. The average molecular weight is 533 g/mol. The molecule has 2 N–H and O–H groups in total. The third kappa shape index (κ3) is 6.80. The van der Waals surface area contributed by atoms with Crippen LogP contribution in [0.1, 0.15) is 31.8 Å².